The van der Waals surface area contributed by atoms with Crippen LogP contribution in [-0.4, -0.2) is 39.2 Å². The minimum atomic E-state index is -0.496. The Morgan fingerprint density at radius 2 is 1.96 bits per heavy atom. The van der Waals surface area contributed by atoms with Crippen LogP contribution in [0.1, 0.15) is 57.8 Å². The SMILES string of the molecule is CCOc1cc(/C=N\n2c(C(CC)CC)n[nH]c2=S)cc([N+](=O)[O-])c1OCC. The van der Waals surface area contributed by atoms with E-state index >= 15 is 0 Å². The summed E-state index contributed by atoms with van der Waals surface area (Å²) in [5.41, 5.74) is 0.322. The Bertz CT molecular complexity index is 902. The molecule has 0 bridgehead atoms. The summed E-state index contributed by atoms with van der Waals surface area (Å²) in [4.78, 5) is 11.0. The van der Waals surface area contributed by atoms with E-state index in [4.69, 9.17) is 21.7 Å². The minimum absolute atomic E-state index is 0.115. The lowest BCUT2D eigenvalue weighted by atomic mass is 10.0. The van der Waals surface area contributed by atoms with Gasteiger partial charge in [0, 0.05) is 17.5 Å². The first kappa shape index (κ1) is 21.5. The van der Waals surface area contributed by atoms with Crippen molar-refractivity contribution in [3.8, 4) is 11.5 Å². The molecule has 0 aliphatic carbocycles. The molecule has 28 heavy (non-hydrogen) atoms. The van der Waals surface area contributed by atoms with Gasteiger partial charge in [0.25, 0.3) is 0 Å². The highest BCUT2D eigenvalue weighted by molar-refractivity contribution is 7.71. The maximum Gasteiger partial charge on any atom is 0.315 e. The van der Waals surface area contributed by atoms with Gasteiger partial charge in [-0.15, -0.1) is 0 Å². The highest BCUT2D eigenvalue weighted by Gasteiger charge is 2.22. The highest BCUT2D eigenvalue weighted by Crippen LogP contribution is 2.38. The number of nitrogens with one attached hydrogen (secondary N) is 1. The van der Waals surface area contributed by atoms with Crippen LogP contribution < -0.4 is 9.47 Å². The monoisotopic (exact) mass is 407 g/mol. The minimum Gasteiger partial charge on any atom is -0.490 e. The standard InChI is InChI=1S/C18H25N5O4S/c1-5-13(6-2)17-20-21-18(28)22(17)19-11-12-9-14(23(24)25)16(27-8-4)15(10-12)26-7-3/h9-11,13H,5-8H2,1-4H3,(H,21,28)/b19-11-. The number of nitro benzene ring substituents is 1. The summed E-state index contributed by atoms with van der Waals surface area (Å²) in [6.45, 7) is 8.35. The Morgan fingerprint density at radius 1 is 1.29 bits per heavy atom. The molecule has 0 fully saturated rings. The Balaban J connectivity index is 2.51. The van der Waals surface area contributed by atoms with Crippen LogP contribution in [-0.2, 0) is 0 Å². The molecule has 2 aromatic rings. The van der Waals surface area contributed by atoms with Gasteiger partial charge in [0.1, 0.15) is 0 Å². The molecule has 9 nitrogen and oxygen atoms in total. The third-order valence-corrected chi connectivity index (χ3v) is 4.46. The van der Waals surface area contributed by atoms with Gasteiger partial charge < -0.3 is 9.47 Å². The number of rotatable bonds is 10. The van der Waals surface area contributed by atoms with Crippen LogP contribution in [0.3, 0.4) is 0 Å². The molecule has 1 heterocycles. The van der Waals surface area contributed by atoms with Crippen molar-refractivity contribution in [1.82, 2.24) is 14.9 Å². The Labute approximate surface area is 168 Å². The second-order valence-electron chi connectivity index (χ2n) is 5.95. The van der Waals surface area contributed by atoms with Gasteiger partial charge >= 0.3 is 5.69 Å². The molecule has 2 rings (SSSR count). The summed E-state index contributed by atoms with van der Waals surface area (Å²) in [5.74, 6) is 1.36. The van der Waals surface area contributed by atoms with Crippen LogP contribution in [0.5, 0.6) is 11.5 Å². The lowest BCUT2D eigenvalue weighted by molar-refractivity contribution is -0.385. The van der Waals surface area contributed by atoms with E-state index in [0.717, 1.165) is 18.7 Å². The second-order valence-corrected chi connectivity index (χ2v) is 6.33. The third-order valence-electron chi connectivity index (χ3n) is 4.19. The first-order valence-corrected chi connectivity index (χ1v) is 9.67. The van der Waals surface area contributed by atoms with Gasteiger partial charge in [-0.05, 0) is 45.0 Å². The normalized spacial score (nSPS) is 11.3. The van der Waals surface area contributed by atoms with E-state index in [-0.39, 0.29) is 24.0 Å². The molecule has 0 aliphatic rings. The molecule has 0 radical (unpaired) electrons. The van der Waals surface area contributed by atoms with Crippen molar-refractivity contribution >= 4 is 24.1 Å². The maximum absolute atomic E-state index is 11.5. The van der Waals surface area contributed by atoms with Crippen molar-refractivity contribution in [3.05, 3.63) is 38.4 Å². The number of nitro groups is 1. The van der Waals surface area contributed by atoms with Crippen molar-refractivity contribution in [2.24, 2.45) is 5.10 Å². The largest absolute Gasteiger partial charge is 0.490 e. The number of hydrogen-bond acceptors (Lipinski definition) is 7. The number of benzene rings is 1. The van der Waals surface area contributed by atoms with Gasteiger partial charge in [0.15, 0.2) is 11.6 Å². The third kappa shape index (κ3) is 4.75. The summed E-state index contributed by atoms with van der Waals surface area (Å²) in [6, 6.07) is 3.06. The molecule has 0 saturated heterocycles. The second kappa shape index (κ2) is 9.98. The number of aromatic nitrogens is 3. The Kier molecular flexibility index (Phi) is 7.68. The Hall–Kier alpha value is -2.75. The zero-order chi connectivity index (χ0) is 20.7. The molecule has 0 unspecified atom stereocenters. The predicted molar refractivity (Wildman–Crippen MR) is 109 cm³/mol. The molecule has 0 aliphatic heterocycles. The summed E-state index contributed by atoms with van der Waals surface area (Å²) in [5, 5.41) is 22.9. The van der Waals surface area contributed by atoms with E-state index in [2.05, 4.69) is 29.1 Å². The summed E-state index contributed by atoms with van der Waals surface area (Å²) in [6.07, 6.45) is 3.30. The van der Waals surface area contributed by atoms with E-state index in [1.807, 2.05) is 0 Å². The van der Waals surface area contributed by atoms with Crippen LogP contribution in [0.2, 0.25) is 0 Å². The van der Waals surface area contributed by atoms with E-state index < -0.39 is 4.92 Å². The number of ether oxygens (including phenoxy) is 2. The molecule has 1 N–H and O–H groups in total. The van der Waals surface area contributed by atoms with E-state index in [1.54, 1.807) is 24.6 Å². The van der Waals surface area contributed by atoms with Crippen LogP contribution >= 0.6 is 12.2 Å². The molecule has 10 heteroatoms. The molecular weight excluding hydrogens is 382 g/mol. The summed E-state index contributed by atoms with van der Waals surface area (Å²) in [7, 11) is 0. The smallest absolute Gasteiger partial charge is 0.315 e. The lowest BCUT2D eigenvalue weighted by Gasteiger charge is -2.12. The zero-order valence-corrected chi connectivity index (χ0v) is 17.3. The number of hydrogen-bond donors (Lipinski definition) is 1. The molecule has 1 aromatic carbocycles. The van der Waals surface area contributed by atoms with Crippen molar-refractivity contribution in [2.45, 2.75) is 46.5 Å². The van der Waals surface area contributed by atoms with Crippen LogP contribution in [0.4, 0.5) is 5.69 Å². The summed E-state index contributed by atoms with van der Waals surface area (Å²) >= 11 is 5.27. The molecule has 0 saturated carbocycles. The fraction of sp³-hybridized carbons (Fsp3) is 0.500. The first-order valence-electron chi connectivity index (χ1n) is 9.26. The molecule has 152 valence electrons. The molecule has 0 spiro atoms. The highest BCUT2D eigenvalue weighted by atomic mass is 32.1. The number of nitrogens with zero attached hydrogens (tertiary/aromatic N) is 4. The fourth-order valence-electron chi connectivity index (χ4n) is 2.83. The van der Waals surface area contributed by atoms with Crippen LogP contribution in [0.25, 0.3) is 0 Å². The van der Waals surface area contributed by atoms with Crippen molar-refractivity contribution < 1.29 is 14.4 Å². The number of aromatic amines is 1. The van der Waals surface area contributed by atoms with Crippen molar-refractivity contribution in [1.29, 1.82) is 0 Å². The average molecular weight is 407 g/mol. The van der Waals surface area contributed by atoms with Gasteiger partial charge in [-0.25, -0.2) is 0 Å². The predicted octanol–water partition coefficient (Wildman–Crippen LogP) is 4.43. The van der Waals surface area contributed by atoms with Gasteiger partial charge in [0.2, 0.25) is 10.5 Å². The molecule has 0 atom stereocenters. The number of H-pyrrole nitrogens is 1. The maximum atomic E-state index is 11.5. The average Bonchev–Trinajstić information content (AvgIpc) is 3.03. The first-order chi connectivity index (χ1) is 13.5. The zero-order valence-electron chi connectivity index (χ0n) is 16.5. The van der Waals surface area contributed by atoms with Gasteiger partial charge in [-0.2, -0.15) is 14.9 Å². The van der Waals surface area contributed by atoms with E-state index in [1.165, 1.54) is 12.3 Å². The van der Waals surface area contributed by atoms with Gasteiger partial charge in [0.05, 0.1) is 24.4 Å². The van der Waals surface area contributed by atoms with E-state index in [0.29, 0.717) is 22.7 Å². The lowest BCUT2D eigenvalue weighted by Crippen LogP contribution is -2.06. The quantitative estimate of drug-likeness (QED) is 0.270. The van der Waals surface area contributed by atoms with Crippen molar-refractivity contribution in [2.75, 3.05) is 13.2 Å². The van der Waals surface area contributed by atoms with E-state index in [9.17, 15) is 10.1 Å². The topological polar surface area (TPSA) is 108 Å². The van der Waals surface area contributed by atoms with Gasteiger partial charge in [-0.1, -0.05) is 13.8 Å². The molecule has 0 amide bonds. The molecule has 1 aromatic heterocycles. The molecular formula is C18H25N5O4S. The van der Waals surface area contributed by atoms with Crippen molar-refractivity contribution in [3.63, 3.8) is 0 Å². The van der Waals surface area contributed by atoms with Gasteiger partial charge in [-0.3, -0.25) is 15.2 Å². The van der Waals surface area contributed by atoms with Crippen LogP contribution in [0, 0.1) is 14.9 Å². The van der Waals surface area contributed by atoms with Crippen LogP contribution in [0.15, 0.2) is 17.2 Å². The summed E-state index contributed by atoms with van der Waals surface area (Å²) < 4.78 is 12.9. The fourth-order valence-corrected chi connectivity index (χ4v) is 3.01. The Morgan fingerprint density at radius 3 is 2.54 bits per heavy atom.